The maximum absolute atomic E-state index is 5.73. The number of nitrogens with two attached hydrogens (primary N) is 1. The Hall–Kier alpha value is -0.870. The normalized spacial score (nSPS) is 11.1. The highest BCUT2D eigenvalue weighted by Gasteiger charge is 2.14. The molecule has 0 aliphatic carbocycles. The van der Waals surface area contributed by atoms with Gasteiger partial charge in [0.25, 0.3) is 0 Å². The van der Waals surface area contributed by atoms with Gasteiger partial charge < -0.3 is 5.73 Å². The van der Waals surface area contributed by atoms with Gasteiger partial charge in [-0.05, 0) is 22.7 Å². The fourth-order valence-corrected chi connectivity index (χ4v) is 3.05. The third-order valence-corrected chi connectivity index (χ3v) is 3.63. The fourth-order valence-electron chi connectivity index (χ4n) is 1.34. The van der Waals surface area contributed by atoms with Gasteiger partial charge in [-0.25, -0.2) is 4.98 Å². The van der Waals surface area contributed by atoms with Crippen molar-refractivity contribution in [1.82, 2.24) is 4.98 Å². The largest absolute Gasteiger partial charge is 0.375 e. The zero-order valence-electron chi connectivity index (χ0n) is 8.15. The molecular formula is C10H12N2S2. The summed E-state index contributed by atoms with van der Waals surface area (Å²) >= 11 is 3.28. The molecule has 2 rings (SSSR count). The average Bonchev–Trinajstić information content (AvgIpc) is 2.70. The average molecular weight is 224 g/mol. The molecule has 14 heavy (non-hydrogen) atoms. The molecule has 2 N–H and O–H groups in total. The molecule has 0 saturated carbocycles. The van der Waals surface area contributed by atoms with Crippen molar-refractivity contribution in [3.63, 3.8) is 0 Å². The van der Waals surface area contributed by atoms with Crippen molar-refractivity contribution in [2.24, 2.45) is 0 Å². The number of aromatic nitrogens is 1. The van der Waals surface area contributed by atoms with Gasteiger partial charge in [0.05, 0.1) is 10.6 Å². The minimum atomic E-state index is 0.429. The third kappa shape index (κ3) is 1.67. The zero-order chi connectivity index (χ0) is 10.1. The number of rotatable bonds is 2. The lowest BCUT2D eigenvalue weighted by atomic mass is 10.1. The molecule has 0 aliphatic heterocycles. The first-order valence-electron chi connectivity index (χ1n) is 4.47. The lowest BCUT2D eigenvalue weighted by Crippen LogP contribution is -1.90. The van der Waals surface area contributed by atoms with Crippen molar-refractivity contribution in [3.05, 3.63) is 22.5 Å². The summed E-state index contributed by atoms with van der Waals surface area (Å²) in [5.41, 5.74) is 8.09. The molecule has 74 valence electrons. The van der Waals surface area contributed by atoms with Crippen LogP contribution in [0.2, 0.25) is 0 Å². The third-order valence-electron chi connectivity index (χ3n) is 2.00. The number of hydrogen-bond donors (Lipinski definition) is 1. The van der Waals surface area contributed by atoms with E-state index < -0.39 is 0 Å². The molecule has 2 aromatic heterocycles. The maximum Gasteiger partial charge on any atom is 0.180 e. The second-order valence-corrected chi connectivity index (χ2v) is 5.24. The van der Waals surface area contributed by atoms with Gasteiger partial charge in [-0.2, -0.15) is 11.3 Å². The summed E-state index contributed by atoms with van der Waals surface area (Å²) in [6, 6.07) is 2.11. The molecule has 0 aliphatic rings. The number of nitrogens with zero attached hydrogens (tertiary/aromatic N) is 1. The topological polar surface area (TPSA) is 38.9 Å². The fraction of sp³-hybridized carbons (Fsp3) is 0.300. The van der Waals surface area contributed by atoms with Crippen molar-refractivity contribution in [2.75, 3.05) is 5.73 Å². The van der Waals surface area contributed by atoms with Crippen LogP contribution in [0.5, 0.6) is 0 Å². The lowest BCUT2D eigenvalue weighted by molar-refractivity contribution is 0.837. The van der Waals surface area contributed by atoms with Gasteiger partial charge in [-0.1, -0.05) is 25.2 Å². The SMILES string of the molecule is CC(C)c1nc(N)sc1-c1ccsc1. The Morgan fingerprint density at radius 3 is 2.79 bits per heavy atom. The number of thiophene rings is 1. The Morgan fingerprint density at radius 1 is 1.43 bits per heavy atom. The van der Waals surface area contributed by atoms with Gasteiger partial charge in [0.2, 0.25) is 0 Å². The standard InChI is InChI=1S/C10H12N2S2/c1-6(2)8-9(14-10(11)12-8)7-3-4-13-5-7/h3-6H,1-2H3,(H2,11,12). The van der Waals surface area contributed by atoms with Gasteiger partial charge in [-0.15, -0.1) is 0 Å². The Kier molecular flexibility index (Phi) is 2.56. The van der Waals surface area contributed by atoms with Gasteiger partial charge >= 0.3 is 0 Å². The van der Waals surface area contributed by atoms with E-state index in [4.69, 9.17) is 5.73 Å². The van der Waals surface area contributed by atoms with Crippen molar-refractivity contribution >= 4 is 27.8 Å². The van der Waals surface area contributed by atoms with E-state index in [2.05, 4.69) is 35.7 Å². The minimum Gasteiger partial charge on any atom is -0.375 e. The van der Waals surface area contributed by atoms with E-state index in [-0.39, 0.29) is 0 Å². The highest BCUT2D eigenvalue weighted by atomic mass is 32.1. The molecule has 0 fully saturated rings. The summed E-state index contributed by atoms with van der Waals surface area (Å²) in [5.74, 6) is 0.429. The summed E-state index contributed by atoms with van der Waals surface area (Å²) < 4.78 is 0. The predicted molar refractivity (Wildman–Crippen MR) is 63.9 cm³/mol. The summed E-state index contributed by atoms with van der Waals surface area (Å²) in [5, 5.41) is 4.88. The summed E-state index contributed by atoms with van der Waals surface area (Å²) in [6.07, 6.45) is 0. The molecule has 2 aromatic rings. The molecule has 4 heteroatoms. The van der Waals surface area contributed by atoms with Gasteiger partial charge in [0.1, 0.15) is 0 Å². The summed E-state index contributed by atoms with van der Waals surface area (Å²) in [4.78, 5) is 5.59. The molecule has 2 heterocycles. The van der Waals surface area contributed by atoms with Crippen LogP contribution in [0.25, 0.3) is 10.4 Å². The second-order valence-electron chi connectivity index (χ2n) is 3.43. The first-order chi connectivity index (χ1) is 6.68. The molecule has 0 spiro atoms. The van der Waals surface area contributed by atoms with Crippen LogP contribution in [-0.4, -0.2) is 4.98 Å². The van der Waals surface area contributed by atoms with Crippen molar-refractivity contribution < 1.29 is 0 Å². The number of hydrogen-bond acceptors (Lipinski definition) is 4. The van der Waals surface area contributed by atoms with Crippen LogP contribution in [0.1, 0.15) is 25.5 Å². The molecule has 2 nitrogen and oxygen atoms in total. The molecule has 0 bridgehead atoms. The molecule has 0 unspecified atom stereocenters. The maximum atomic E-state index is 5.73. The van der Waals surface area contributed by atoms with E-state index in [1.165, 1.54) is 10.4 Å². The molecule has 0 radical (unpaired) electrons. The Balaban J connectivity index is 2.52. The van der Waals surface area contributed by atoms with Crippen LogP contribution < -0.4 is 5.73 Å². The predicted octanol–water partition coefficient (Wildman–Crippen LogP) is 3.58. The van der Waals surface area contributed by atoms with Crippen LogP contribution >= 0.6 is 22.7 Å². The van der Waals surface area contributed by atoms with Gasteiger partial charge in [-0.3, -0.25) is 0 Å². The van der Waals surface area contributed by atoms with E-state index in [1.54, 1.807) is 22.7 Å². The Morgan fingerprint density at radius 2 is 2.21 bits per heavy atom. The number of nitrogen functional groups attached to an aromatic ring is 1. The van der Waals surface area contributed by atoms with Crippen molar-refractivity contribution in [2.45, 2.75) is 19.8 Å². The first kappa shape index (κ1) is 9.68. The van der Waals surface area contributed by atoms with Gasteiger partial charge in [0, 0.05) is 5.56 Å². The van der Waals surface area contributed by atoms with Crippen LogP contribution in [0.4, 0.5) is 5.13 Å². The quantitative estimate of drug-likeness (QED) is 0.846. The Labute approximate surface area is 91.4 Å². The van der Waals surface area contributed by atoms with Crippen LogP contribution in [0.15, 0.2) is 16.8 Å². The Bertz CT molecular complexity index is 415. The zero-order valence-corrected chi connectivity index (χ0v) is 9.78. The smallest absolute Gasteiger partial charge is 0.180 e. The molecule has 0 aromatic carbocycles. The van der Waals surface area contributed by atoms with E-state index in [9.17, 15) is 0 Å². The van der Waals surface area contributed by atoms with E-state index in [0.717, 1.165) is 5.69 Å². The van der Waals surface area contributed by atoms with E-state index >= 15 is 0 Å². The van der Waals surface area contributed by atoms with Crippen LogP contribution in [0.3, 0.4) is 0 Å². The van der Waals surface area contributed by atoms with Crippen molar-refractivity contribution in [1.29, 1.82) is 0 Å². The summed E-state index contributed by atoms with van der Waals surface area (Å²) in [6.45, 7) is 4.29. The van der Waals surface area contributed by atoms with Crippen LogP contribution in [-0.2, 0) is 0 Å². The second kappa shape index (κ2) is 3.71. The van der Waals surface area contributed by atoms with Crippen molar-refractivity contribution in [3.8, 4) is 10.4 Å². The lowest BCUT2D eigenvalue weighted by Gasteiger charge is -2.02. The van der Waals surface area contributed by atoms with E-state index in [0.29, 0.717) is 11.0 Å². The molecule has 0 saturated heterocycles. The van der Waals surface area contributed by atoms with Crippen LogP contribution in [0, 0.1) is 0 Å². The molecule has 0 amide bonds. The molecular weight excluding hydrogens is 212 g/mol. The minimum absolute atomic E-state index is 0.429. The van der Waals surface area contributed by atoms with Gasteiger partial charge in [0.15, 0.2) is 5.13 Å². The highest BCUT2D eigenvalue weighted by molar-refractivity contribution is 7.19. The van der Waals surface area contributed by atoms with E-state index in [1.807, 2.05) is 0 Å². The first-order valence-corrected chi connectivity index (χ1v) is 6.23. The monoisotopic (exact) mass is 224 g/mol. The number of anilines is 1. The number of thiazole rings is 1. The summed E-state index contributed by atoms with van der Waals surface area (Å²) in [7, 11) is 0. The highest BCUT2D eigenvalue weighted by Crippen LogP contribution is 2.36. The molecule has 0 atom stereocenters.